The highest BCUT2D eigenvalue weighted by Crippen LogP contribution is 2.24. The van der Waals surface area contributed by atoms with Crippen LogP contribution in [0.15, 0.2) is 0 Å². The standard InChI is InChI=1S/C15H26N2O4/c1-10(2)3-8-13(18)16-9-14(19)17-12-6-4-11(5-7-12)15(20)21/h10-12H,3-9H2,1-2H3,(H,16,18)(H,17,19)(H,20,21). The number of hydrogen-bond acceptors (Lipinski definition) is 3. The van der Waals surface area contributed by atoms with Gasteiger partial charge in [0.1, 0.15) is 0 Å². The molecule has 0 unspecified atom stereocenters. The smallest absolute Gasteiger partial charge is 0.306 e. The molecule has 0 radical (unpaired) electrons. The predicted molar refractivity (Wildman–Crippen MR) is 78.6 cm³/mol. The fourth-order valence-electron chi connectivity index (χ4n) is 2.45. The predicted octanol–water partition coefficient (Wildman–Crippen LogP) is 1.30. The van der Waals surface area contributed by atoms with Crippen LogP contribution < -0.4 is 10.6 Å². The van der Waals surface area contributed by atoms with Gasteiger partial charge in [-0.05, 0) is 38.0 Å². The van der Waals surface area contributed by atoms with E-state index in [2.05, 4.69) is 10.6 Å². The van der Waals surface area contributed by atoms with E-state index < -0.39 is 5.97 Å². The minimum absolute atomic E-state index is 0.00418. The summed E-state index contributed by atoms with van der Waals surface area (Å²) in [6, 6.07) is 0.0284. The molecule has 0 aromatic rings. The largest absolute Gasteiger partial charge is 0.481 e. The van der Waals surface area contributed by atoms with Crippen LogP contribution in [0.25, 0.3) is 0 Å². The molecule has 0 aliphatic heterocycles. The van der Waals surface area contributed by atoms with Crippen molar-refractivity contribution in [2.75, 3.05) is 6.54 Å². The van der Waals surface area contributed by atoms with Crippen LogP contribution in [-0.2, 0) is 14.4 Å². The third-order valence-corrected chi connectivity index (χ3v) is 3.84. The lowest BCUT2D eigenvalue weighted by Gasteiger charge is -2.26. The highest BCUT2D eigenvalue weighted by molar-refractivity contribution is 5.84. The summed E-state index contributed by atoms with van der Waals surface area (Å²) in [5, 5.41) is 14.4. The Morgan fingerprint density at radius 3 is 2.24 bits per heavy atom. The normalized spacial score (nSPS) is 21.9. The van der Waals surface area contributed by atoms with Gasteiger partial charge < -0.3 is 15.7 Å². The van der Waals surface area contributed by atoms with E-state index in [0.717, 1.165) is 6.42 Å². The maximum Gasteiger partial charge on any atom is 0.306 e. The topological polar surface area (TPSA) is 95.5 Å². The number of aliphatic carboxylic acids is 1. The molecule has 6 nitrogen and oxygen atoms in total. The molecule has 0 aromatic carbocycles. The van der Waals surface area contributed by atoms with Crippen molar-refractivity contribution in [1.29, 1.82) is 0 Å². The molecule has 0 saturated heterocycles. The van der Waals surface area contributed by atoms with Gasteiger partial charge in [-0.25, -0.2) is 0 Å². The molecule has 0 heterocycles. The summed E-state index contributed by atoms with van der Waals surface area (Å²) in [4.78, 5) is 34.1. The molecule has 3 N–H and O–H groups in total. The summed E-state index contributed by atoms with van der Waals surface area (Å²) in [7, 11) is 0. The van der Waals surface area contributed by atoms with Crippen LogP contribution in [0, 0.1) is 11.8 Å². The number of nitrogens with one attached hydrogen (secondary N) is 2. The zero-order valence-corrected chi connectivity index (χ0v) is 12.9. The van der Waals surface area contributed by atoms with Crippen LogP contribution in [0.1, 0.15) is 52.4 Å². The van der Waals surface area contributed by atoms with Gasteiger partial charge >= 0.3 is 5.97 Å². The number of rotatable bonds is 7. The molecule has 0 spiro atoms. The van der Waals surface area contributed by atoms with Gasteiger partial charge in [0.2, 0.25) is 11.8 Å². The van der Waals surface area contributed by atoms with Gasteiger partial charge in [-0.2, -0.15) is 0 Å². The van der Waals surface area contributed by atoms with Gasteiger partial charge in [0.15, 0.2) is 0 Å². The van der Waals surface area contributed by atoms with Crippen molar-refractivity contribution in [3.8, 4) is 0 Å². The molecule has 0 aromatic heterocycles. The highest BCUT2D eigenvalue weighted by atomic mass is 16.4. The maximum atomic E-state index is 11.7. The lowest BCUT2D eigenvalue weighted by atomic mass is 9.86. The molecule has 2 amide bonds. The minimum Gasteiger partial charge on any atom is -0.481 e. The second-order valence-corrected chi connectivity index (χ2v) is 6.16. The van der Waals surface area contributed by atoms with Crippen molar-refractivity contribution in [2.45, 2.75) is 58.4 Å². The molecular formula is C15H26N2O4. The van der Waals surface area contributed by atoms with Crippen LogP contribution in [0.3, 0.4) is 0 Å². The van der Waals surface area contributed by atoms with Crippen molar-refractivity contribution < 1.29 is 19.5 Å². The summed E-state index contributed by atoms with van der Waals surface area (Å²) in [6.07, 6.45) is 3.82. The molecule has 6 heteroatoms. The fourth-order valence-corrected chi connectivity index (χ4v) is 2.45. The van der Waals surface area contributed by atoms with E-state index >= 15 is 0 Å². The molecule has 0 bridgehead atoms. The van der Waals surface area contributed by atoms with E-state index in [0.29, 0.717) is 38.0 Å². The third kappa shape index (κ3) is 7.11. The first-order valence-corrected chi connectivity index (χ1v) is 7.67. The van der Waals surface area contributed by atoms with Gasteiger partial charge in [0.25, 0.3) is 0 Å². The summed E-state index contributed by atoms with van der Waals surface area (Å²) in [5.74, 6) is -0.875. The molecule has 21 heavy (non-hydrogen) atoms. The average molecular weight is 298 g/mol. The molecule has 1 aliphatic carbocycles. The maximum absolute atomic E-state index is 11.7. The Morgan fingerprint density at radius 2 is 1.71 bits per heavy atom. The fraction of sp³-hybridized carbons (Fsp3) is 0.800. The Kier molecular flexibility index (Phi) is 7.19. The van der Waals surface area contributed by atoms with E-state index in [-0.39, 0.29) is 30.3 Å². The highest BCUT2D eigenvalue weighted by Gasteiger charge is 2.26. The number of carboxylic acid groups (broad SMARTS) is 1. The molecule has 0 atom stereocenters. The Bertz CT molecular complexity index is 374. The van der Waals surface area contributed by atoms with Crippen molar-refractivity contribution in [1.82, 2.24) is 10.6 Å². The first-order chi connectivity index (χ1) is 9.88. The SMILES string of the molecule is CC(C)CCC(=O)NCC(=O)NC1CCC(C(=O)O)CC1. The zero-order valence-electron chi connectivity index (χ0n) is 12.9. The van der Waals surface area contributed by atoms with Gasteiger partial charge in [-0.3, -0.25) is 14.4 Å². The molecule has 1 aliphatic rings. The number of hydrogen-bond donors (Lipinski definition) is 3. The minimum atomic E-state index is -0.753. The van der Waals surface area contributed by atoms with Crippen LogP contribution in [0.4, 0.5) is 0 Å². The molecular weight excluding hydrogens is 272 g/mol. The summed E-state index contributed by atoms with van der Waals surface area (Å²) in [5.41, 5.74) is 0. The van der Waals surface area contributed by atoms with E-state index in [1.807, 2.05) is 13.8 Å². The van der Waals surface area contributed by atoms with Crippen molar-refractivity contribution in [3.63, 3.8) is 0 Å². The van der Waals surface area contributed by atoms with Crippen molar-refractivity contribution >= 4 is 17.8 Å². The summed E-state index contributed by atoms with van der Waals surface area (Å²) in [6.45, 7) is 4.09. The quantitative estimate of drug-likeness (QED) is 0.660. The lowest BCUT2D eigenvalue weighted by molar-refractivity contribution is -0.142. The monoisotopic (exact) mass is 298 g/mol. The number of carbonyl (C=O) groups is 3. The number of carboxylic acids is 1. The first kappa shape index (κ1) is 17.5. The van der Waals surface area contributed by atoms with Crippen LogP contribution in [-0.4, -0.2) is 35.5 Å². The third-order valence-electron chi connectivity index (χ3n) is 3.84. The van der Waals surface area contributed by atoms with E-state index in [1.165, 1.54) is 0 Å². The average Bonchev–Trinajstić information content (AvgIpc) is 2.43. The van der Waals surface area contributed by atoms with Crippen LogP contribution >= 0.6 is 0 Å². The second kappa shape index (κ2) is 8.64. The van der Waals surface area contributed by atoms with Gasteiger partial charge in [-0.15, -0.1) is 0 Å². The summed E-state index contributed by atoms with van der Waals surface area (Å²) < 4.78 is 0. The van der Waals surface area contributed by atoms with Crippen molar-refractivity contribution in [3.05, 3.63) is 0 Å². The first-order valence-electron chi connectivity index (χ1n) is 7.67. The van der Waals surface area contributed by atoms with Gasteiger partial charge in [0, 0.05) is 12.5 Å². The molecule has 1 fully saturated rings. The Labute approximate surface area is 125 Å². The van der Waals surface area contributed by atoms with Crippen LogP contribution in [0.5, 0.6) is 0 Å². The Morgan fingerprint density at radius 1 is 1.10 bits per heavy atom. The lowest BCUT2D eigenvalue weighted by Crippen LogP contribution is -2.43. The molecule has 1 saturated carbocycles. The Balaban J connectivity index is 2.17. The van der Waals surface area contributed by atoms with Crippen molar-refractivity contribution in [2.24, 2.45) is 11.8 Å². The Hall–Kier alpha value is -1.59. The van der Waals surface area contributed by atoms with Gasteiger partial charge in [-0.1, -0.05) is 13.8 Å². The number of carbonyl (C=O) groups excluding carboxylic acids is 2. The van der Waals surface area contributed by atoms with E-state index in [1.54, 1.807) is 0 Å². The van der Waals surface area contributed by atoms with Crippen LogP contribution in [0.2, 0.25) is 0 Å². The van der Waals surface area contributed by atoms with E-state index in [9.17, 15) is 14.4 Å². The molecule has 120 valence electrons. The number of amides is 2. The van der Waals surface area contributed by atoms with E-state index in [4.69, 9.17) is 5.11 Å². The molecule has 1 rings (SSSR count). The second-order valence-electron chi connectivity index (χ2n) is 6.16. The summed E-state index contributed by atoms with van der Waals surface area (Å²) >= 11 is 0. The van der Waals surface area contributed by atoms with Gasteiger partial charge in [0.05, 0.1) is 12.5 Å². The zero-order chi connectivity index (χ0) is 15.8.